The van der Waals surface area contributed by atoms with Crippen molar-refractivity contribution in [3.8, 4) is 0 Å². The first-order valence-corrected chi connectivity index (χ1v) is 5.24. The van der Waals surface area contributed by atoms with Gasteiger partial charge in [-0.25, -0.2) is 0 Å². The van der Waals surface area contributed by atoms with Crippen molar-refractivity contribution in [3.63, 3.8) is 0 Å². The predicted octanol–water partition coefficient (Wildman–Crippen LogP) is -0.545. The van der Waals surface area contributed by atoms with Crippen LogP contribution in [0.25, 0.3) is 0 Å². The standard InChI is InChI=1S/C10H20N2O3/c1-12(4-3-5-14-2)10(13)8-6-15-7-9(8)11/h8-9H,3-7,11H2,1-2H3. The summed E-state index contributed by atoms with van der Waals surface area (Å²) in [4.78, 5) is 13.6. The number of rotatable bonds is 5. The van der Waals surface area contributed by atoms with E-state index >= 15 is 0 Å². The fraction of sp³-hybridized carbons (Fsp3) is 0.900. The molecular formula is C10H20N2O3. The summed E-state index contributed by atoms with van der Waals surface area (Å²) in [6, 6.07) is -0.151. The summed E-state index contributed by atoms with van der Waals surface area (Å²) in [5.74, 6) is -0.0892. The van der Waals surface area contributed by atoms with Crippen LogP contribution in [0.2, 0.25) is 0 Å². The van der Waals surface area contributed by atoms with Gasteiger partial charge >= 0.3 is 0 Å². The minimum atomic E-state index is -0.169. The van der Waals surface area contributed by atoms with Crippen LogP contribution in [0.3, 0.4) is 0 Å². The van der Waals surface area contributed by atoms with Gasteiger partial charge in [-0.1, -0.05) is 0 Å². The Balaban J connectivity index is 2.31. The molecule has 1 heterocycles. The highest BCUT2D eigenvalue weighted by Gasteiger charge is 2.32. The van der Waals surface area contributed by atoms with Crippen molar-refractivity contribution in [2.45, 2.75) is 12.5 Å². The van der Waals surface area contributed by atoms with Crippen LogP contribution in [0.5, 0.6) is 0 Å². The van der Waals surface area contributed by atoms with Crippen molar-refractivity contribution >= 4 is 5.91 Å². The number of nitrogens with zero attached hydrogens (tertiary/aromatic N) is 1. The lowest BCUT2D eigenvalue weighted by atomic mass is 10.0. The van der Waals surface area contributed by atoms with Gasteiger partial charge in [0.2, 0.25) is 5.91 Å². The third-order valence-electron chi connectivity index (χ3n) is 2.66. The molecule has 0 aliphatic carbocycles. The van der Waals surface area contributed by atoms with Crippen LogP contribution in [0, 0.1) is 5.92 Å². The summed E-state index contributed by atoms with van der Waals surface area (Å²) in [6.07, 6.45) is 0.849. The predicted molar refractivity (Wildman–Crippen MR) is 56.4 cm³/mol. The molecule has 0 radical (unpaired) electrons. The zero-order chi connectivity index (χ0) is 11.3. The fourth-order valence-electron chi connectivity index (χ4n) is 1.66. The Hall–Kier alpha value is -0.650. The smallest absolute Gasteiger partial charge is 0.229 e. The van der Waals surface area contributed by atoms with E-state index < -0.39 is 0 Å². The van der Waals surface area contributed by atoms with E-state index in [0.29, 0.717) is 26.4 Å². The molecule has 0 spiro atoms. The molecule has 88 valence electrons. The molecule has 2 atom stereocenters. The molecule has 1 aliphatic rings. The maximum Gasteiger partial charge on any atom is 0.229 e. The monoisotopic (exact) mass is 216 g/mol. The number of methoxy groups -OCH3 is 1. The molecule has 2 unspecified atom stereocenters. The Morgan fingerprint density at radius 2 is 2.33 bits per heavy atom. The molecule has 1 saturated heterocycles. The van der Waals surface area contributed by atoms with Gasteiger partial charge in [-0.15, -0.1) is 0 Å². The first kappa shape index (κ1) is 12.4. The molecule has 1 fully saturated rings. The molecule has 5 heteroatoms. The van der Waals surface area contributed by atoms with Crippen molar-refractivity contribution in [2.24, 2.45) is 11.7 Å². The topological polar surface area (TPSA) is 64.8 Å². The van der Waals surface area contributed by atoms with Gasteiger partial charge in [0, 0.05) is 33.4 Å². The highest BCUT2D eigenvalue weighted by molar-refractivity contribution is 5.79. The summed E-state index contributed by atoms with van der Waals surface area (Å²) >= 11 is 0. The largest absolute Gasteiger partial charge is 0.385 e. The van der Waals surface area contributed by atoms with Crippen LogP contribution in [-0.4, -0.2) is 57.4 Å². The van der Waals surface area contributed by atoms with Crippen LogP contribution in [0.15, 0.2) is 0 Å². The summed E-state index contributed by atoms with van der Waals surface area (Å²) < 4.78 is 10.1. The van der Waals surface area contributed by atoms with Crippen molar-refractivity contribution in [1.82, 2.24) is 4.90 Å². The van der Waals surface area contributed by atoms with E-state index in [1.54, 1.807) is 19.1 Å². The van der Waals surface area contributed by atoms with E-state index in [9.17, 15) is 4.79 Å². The quantitative estimate of drug-likeness (QED) is 0.627. The van der Waals surface area contributed by atoms with Crippen molar-refractivity contribution in [2.75, 3.05) is 40.5 Å². The van der Waals surface area contributed by atoms with Crippen molar-refractivity contribution < 1.29 is 14.3 Å². The molecule has 1 rings (SSSR count). The molecule has 15 heavy (non-hydrogen) atoms. The molecule has 2 N–H and O–H groups in total. The second kappa shape index (κ2) is 6.05. The Kier molecular flexibility index (Phi) is 5.01. The van der Waals surface area contributed by atoms with Crippen LogP contribution in [-0.2, 0) is 14.3 Å². The van der Waals surface area contributed by atoms with E-state index in [2.05, 4.69) is 0 Å². The number of amides is 1. The first-order valence-electron chi connectivity index (χ1n) is 5.24. The highest BCUT2D eigenvalue weighted by atomic mass is 16.5. The number of hydrogen-bond acceptors (Lipinski definition) is 4. The van der Waals surface area contributed by atoms with E-state index in [1.807, 2.05) is 0 Å². The molecule has 0 bridgehead atoms. The van der Waals surface area contributed by atoms with Crippen LogP contribution < -0.4 is 5.73 Å². The van der Waals surface area contributed by atoms with Gasteiger partial charge in [-0.05, 0) is 6.42 Å². The molecule has 0 aromatic carbocycles. The highest BCUT2D eigenvalue weighted by Crippen LogP contribution is 2.14. The second-order valence-electron chi connectivity index (χ2n) is 3.91. The Labute approximate surface area is 90.5 Å². The molecular weight excluding hydrogens is 196 g/mol. The molecule has 1 aliphatic heterocycles. The molecule has 1 amide bonds. The van der Waals surface area contributed by atoms with Gasteiger partial charge in [-0.3, -0.25) is 4.79 Å². The summed E-state index contributed by atoms with van der Waals surface area (Å²) in [7, 11) is 3.45. The van der Waals surface area contributed by atoms with Gasteiger partial charge < -0.3 is 20.1 Å². The van der Waals surface area contributed by atoms with E-state index in [-0.39, 0.29) is 17.9 Å². The lowest BCUT2D eigenvalue weighted by Gasteiger charge is -2.22. The Morgan fingerprint density at radius 3 is 2.87 bits per heavy atom. The van der Waals surface area contributed by atoms with Crippen LogP contribution in [0.1, 0.15) is 6.42 Å². The SMILES string of the molecule is COCCCN(C)C(=O)C1COCC1N. The molecule has 0 aromatic heterocycles. The number of carbonyl (C=O) groups is 1. The van der Waals surface area contributed by atoms with E-state index in [1.165, 1.54) is 0 Å². The summed E-state index contributed by atoms with van der Waals surface area (Å²) in [5.41, 5.74) is 5.78. The Morgan fingerprint density at radius 1 is 1.60 bits per heavy atom. The normalized spacial score (nSPS) is 25.5. The second-order valence-corrected chi connectivity index (χ2v) is 3.91. The summed E-state index contributed by atoms with van der Waals surface area (Å²) in [5, 5.41) is 0. The number of nitrogens with two attached hydrogens (primary N) is 1. The van der Waals surface area contributed by atoms with Gasteiger partial charge in [0.15, 0.2) is 0 Å². The van der Waals surface area contributed by atoms with Gasteiger partial charge in [-0.2, -0.15) is 0 Å². The van der Waals surface area contributed by atoms with Crippen LogP contribution >= 0.6 is 0 Å². The van der Waals surface area contributed by atoms with Crippen molar-refractivity contribution in [3.05, 3.63) is 0 Å². The average molecular weight is 216 g/mol. The van der Waals surface area contributed by atoms with Gasteiger partial charge in [0.05, 0.1) is 19.1 Å². The van der Waals surface area contributed by atoms with Gasteiger partial charge in [0.1, 0.15) is 0 Å². The summed E-state index contributed by atoms with van der Waals surface area (Å²) in [6.45, 7) is 2.32. The van der Waals surface area contributed by atoms with Gasteiger partial charge in [0.25, 0.3) is 0 Å². The number of hydrogen-bond donors (Lipinski definition) is 1. The Bertz CT molecular complexity index is 211. The number of carbonyl (C=O) groups excluding carboxylic acids is 1. The zero-order valence-corrected chi connectivity index (χ0v) is 9.44. The van der Waals surface area contributed by atoms with E-state index in [4.69, 9.17) is 15.2 Å². The maximum absolute atomic E-state index is 11.9. The third-order valence-corrected chi connectivity index (χ3v) is 2.66. The number of ether oxygens (including phenoxy) is 2. The van der Waals surface area contributed by atoms with E-state index in [0.717, 1.165) is 6.42 Å². The van der Waals surface area contributed by atoms with Crippen molar-refractivity contribution in [1.29, 1.82) is 0 Å². The average Bonchev–Trinajstić information content (AvgIpc) is 2.63. The maximum atomic E-state index is 11.9. The lowest BCUT2D eigenvalue weighted by molar-refractivity contribution is -0.134. The first-order chi connectivity index (χ1) is 7.16. The molecule has 5 nitrogen and oxygen atoms in total. The minimum Gasteiger partial charge on any atom is -0.385 e. The minimum absolute atomic E-state index is 0.0797. The third kappa shape index (κ3) is 3.44. The lowest BCUT2D eigenvalue weighted by Crippen LogP contribution is -2.42. The molecule has 0 aromatic rings. The zero-order valence-electron chi connectivity index (χ0n) is 9.44. The molecule has 0 saturated carbocycles. The van der Waals surface area contributed by atoms with Crippen LogP contribution in [0.4, 0.5) is 0 Å². The fourth-order valence-corrected chi connectivity index (χ4v) is 1.66.